The number of morpholine rings is 1. The normalized spacial score (nSPS) is 17.8. The number of nitrogens with one attached hydrogen (secondary N) is 1. The summed E-state index contributed by atoms with van der Waals surface area (Å²) >= 11 is 0. The summed E-state index contributed by atoms with van der Waals surface area (Å²) in [5.74, 6) is 0.971. The van der Waals surface area contributed by atoms with Crippen LogP contribution >= 0.6 is 0 Å². The predicted octanol–water partition coefficient (Wildman–Crippen LogP) is 3.72. The topological polar surface area (TPSA) is 44.4 Å². The number of imidazole rings is 1. The van der Waals surface area contributed by atoms with Gasteiger partial charge in [0.2, 0.25) is 0 Å². The first kappa shape index (κ1) is 17.8. The van der Waals surface area contributed by atoms with E-state index >= 15 is 0 Å². The molecular formula is C22H26N4O. The number of hydrogen-bond donors (Lipinski definition) is 1. The summed E-state index contributed by atoms with van der Waals surface area (Å²) in [5, 5.41) is 0. The van der Waals surface area contributed by atoms with Crippen molar-refractivity contribution in [1.82, 2.24) is 14.9 Å². The van der Waals surface area contributed by atoms with Gasteiger partial charge in [-0.1, -0.05) is 42.5 Å². The average Bonchev–Trinajstić information content (AvgIpc) is 3.19. The van der Waals surface area contributed by atoms with Crippen LogP contribution in [0.3, 0.4) is 0 Å². The number of H-pyrrole nitrogens is 1. The largest absolute Gasteiger partial charge is 0.378 e. The predicted molar refractivity (Wildman–Crippen MR) is 109 cm³/mol. The van der Waals surface area contributed by atoms with Crippen LogP contribution in [-0.2, 0) is 11.3 Å². The molecule has 27 heavy (non-hydrogen) atoms. The fourth-order valence-electron chi connectivity index (χ4n) is 3.48. The van der Waals surface area contributed by atoms with Gasteiger partial charge in [-0.05, 0) is 23.3 Å². The van der Waals surface area contributed by atoms with Gasteiger partial charge in [0.25, 0.3) is 0 Å². The molecule has 140 valence electrons. The smallest absolute Gasteiger partial charge is 0.126 e. The maximum atomic E-state index is 5.76. The average molecular weight is 362 g/mol. The van der Waals surface area contributed by atoms with Crippen LogP contribution in [0.25, 0.3) is 11.3 Å². The van der Waals surface area contributed by atoms with Gasteiger partial charge >= 0.3 is 0 Å². The van der Waals surface area contributed by atoms with E-state index < -0.39 is 0 Å². The van der Waals surface area contributed by atoms with E-state index in [1.807, 2.05) is 24.4 Å². The van der Waals surface area contributed by atoms with Gasteiger partial charge in [-0.2, -0.15) is 0 Å². The molecule has 1 aliphatic heterocycles. The first-order valence-corrected chi connectivity index (χ1v) is 9.39. The second-order valence-corrected chi connectivity index (χ2v) is 7.17. The van der Waals surface area contributed by atoms with Gasteiger partial charge in [-0.3, -0.25) is 4.90 Å². The maximum absolute atomic E-state index is 5.76. The molecule has 3 aromatic rings. The van der Waals surface area contributed by atoms with Crippen molar-refractivity contribution in [2.75, 3.05) is 38.8 Å². The molecule has 0 aliphatic carbocycles. The molecule has 1 aliphatic rings. The van der Waals surface area contributed by atoms with Crippen molar-refractivity contribution in [3.63, 3.8) is 0 Å². The van der Waals surface area contributed by atoms with Gasteiger partial charge in [-0.15, -0.1) is 0 Å². The molecule has 5 nitrogen and oxygen atoms in total. The molecule has 5 heteroatoms. The molecule has 1 aromatic heterocycles. The zero-order chi connectivity index (χ0) is 18.6. The van der Waals surface area contributed by atoms with Crippen molar-refractivity contribution in [3.05, 3.63) is 72.2 Å². The fraction of sp³-hybridized carbons (Fsp3) is 0.318. The summed E-state index contributed by atoms with van der Waals surface area (Å²) in [6, 6.07) is 19.2. The van der Waals surface area contributed by atoms with E-state index in [2.05, 4.69) is 70.3 Å². The quantitative estimate of drug-likeness (QED) is 0.751. The minimum Gasteiger partial charge on any atom is -0.378 e. The molecule has 1 saturated heterocycles. The highest BCUT2D eigenvalue weighted by atomic mass is 16.5. The van der Waals surface area contributed by atoms with Crippen LogP contribution in [0, 0.1) is 0 Å². The van der Waals surface area contributed by atoms with Crippen molar-refractivity contribution in [1.29, 1.82) is 0 Å². The number of aromatic amines is 1. The minimum atomic E-state index is 0.143. The van der Waals surface area contributed by atoms with Crippen LogP contribution in [0.2, 0.25) is 0 Å². The Morgan fingerprint density at radius 2 is 1.89 bits per heavy atom. The van der Waals surface area contributed by atoms with Crippen LogP contribution in [0.1, 0.15) is 17.4 Å². The Hall–Kier alpha value is -2.63. The molecule has 0 amide bonds. The van der Waals surface area contributed by atoms with E-state index in [1.165, 1.54) is 11.3 Å². The SMILES string of the molecule is CN(C)c1ccc(CN2CCOC[C@H]2c2ncc(-c3ccccc3)[nH]2)cc1. The van der Waals surface area contributed by atoms with Gasteiger partial charge in [0.05, 0.1) is 31.1 Å². The summed E-state index contributed by atoms with van der Waals surface area (Å²) < 4.78 is 5.76. The van der Waals surface area contributed by atoms with E-state index in [0.29, 0.717) is 6.61 Å². The van der Waals surface area contributed by atoms with Crippen LogP contribution in [0.4, 0.5) is 5.69 Å². The number of nitrogens with zero attached hydrogens (tertiary/aromatic N) is 3. The van der Waals surface area contributed by atoms with Gasteiger partial charge in [-0.25, -0.2) is 4.98 Å². The third-order valence-electron chi connectivity index (χ3n) is 5.07. The Balaban J connectivity index is 1.52. The highest BCUT2D eigenvalue weighted by molar-refractivity contribution is 5.58. The van der Waals surface area contributed by atoms with E-state index in [-0.39, 0.29) is 6.04 Å². The first-order valence-electron chi connectivity index (χ1n) is 9.39. The highest BCUT2D eigenvalue weighted by Crippen LogP contribution is 2.27. The summed E-state index contributed by atoms with van der Waals surface area (Å²) in [6.45, 7) is 3.22. The van der Waals surface area contributed by atoms with E-state index in [1.54, 1.807) is 0 Å². The number of ether oxygens (including phenoxy) is 1. The molecule has 2 heterocycles. The van der Waals surface area contributed by atoms with E-state index in [9.17, 15) is 0 Å². The summed E-state index contributed by atoms with van der Waals surface area (Å²) in [7, 11) is 4.13. The van der Waals surface area contributed by atoms with Crippen molar-refractivity contribution in [3.8, 4) is 11.3 Å². The Morgan fingerprint density at radius 3 is 2.63 bits per heavy atom. The Morgan fingerprint density at radius 1 is 1.11 bits per heavy atom. The van der Waals surface area contributed by atoms with Crippen molar-refractivity contribution in [2.45, 2.75) is 12.6 Å². The van der Waals surface area contributed by atoms with Crippen LogP contribution in [0.15, 0.2) is 60.8 Å². The number of rotatable bonds is 5. The molecule has 0 spiro atoms. The summed E-state index contributed by atoms with van der Waals surface area (Å²) in [4.78, 5) is 12.7. The standard InChI is InChI=1S/C22H26N4O/c1-25(2)19-10-8-17(9-11-19)15-26-12-13-27-16-21(26)22-23-14-20(24-22)18-6-4-3-5-7-18/h3-11,14,21H,12-13,15-16H2,1-2H3,(H,23,24)/t21-/m0/s1. The van der Waals surface area contributed by atoms with Gasteiger partial charge in [0.15, 0.2) is 0 Å². The Bertz CT molecular complexity index is 858. The second kappa shape index (κ2) is 7.94. The molecular weight excluding hydrogens is 336 g/mol. The molecule has 1 fully saturated rings. The monoisotopic (exact) mass is 362 g/mol. The zero-order valence-electron chi connectivity index (χ0n) is 15.9. The molecule has 1 atom stereocenters. The lowest BCUT2D eigenvalue weighted by Crippen LogP contribution is -2.39. The van der Waals surface area contributed by atoms with Crippen molar-refractivity contribution >= 4 is 5.69 Å². The van der Waals surface area contributed by atoms with Gasteiger partial charge in [0.1, 0.15) is 5.82 Å². The fourth-order valence-corrected chi connectivity index (χ4v) is 3.48. The van der Waals surface area contributed by atoms with Gasteiger partial charge < -0.3 is 14.6 Å². The minimum absolute atomic E-state index is 0.143. The highest BCUT2D eigenvalue weighted by Gasteiger charge is 2.27. The van der Waals surface area contributed by atoms with E-state index in [4.69, 9.17) is 4.74 Å². The van der Waals surface area contributed by atoms with E-state index in [0.717, 1.165) is 36.8 Å². The summed E-state index contributed by atoms with van der Waals surface area (Å²) in [5.41, 5.74) is 4.73. The molecule has 4 rings (SSSR count). The molecule has 1 N–H and O–H groups in total. The third-order valence-corrected chi connectivity index (χ3v) is 5.07. The summed E-state index contributed by atoms with van der Waals surface area (Å²) in [6.07, 6.45) is 1.92. The number of benzene rings is 2. The van der Waals surface area contributed by atoms with Gasteiger partial charge in [0, 0.05) is 32.9 Å². The second-order valence-electron chi connectivity index (χ2n) is 7.17. The van der Waals surface area contributed by atoms with Crippen LogP contribution in [-0.4, -0.2) is 48.7 Å². The Kier molecular flexibility index (Phi) is 5.23. The Labute approximate surface area is 160 Å². The lowest BCUT2D eigenvalue weighted by molar-refractivity contribution is -0.0156. The first-order chi connectivity index (χ1) is 13.2. The number of anilines is 1. The maximum Gasteiger partial charge on any atom is 0.126 e. The molecule has 0 unspecified atom stereocenters. The van der Waals surface area contributed by atoms with Crippen molar-refractivity contribution in [2.24, 2.45) is 0 Å². The number of aromatic nitrogens is 2. The molecule has 0 radical (unpaired) electrons. The molecule has 0 saturated carbocycles. The lowest BCUT2D eigenvalue weighted by Gasteiger charge is -2.34. The van der Waals surface area contributed by atoms with Crippen LogP contribution < -0.4 is 4.90 Å². The third kappa shape index (κ3) is 4.04. The number of hydrogen-bond acceptors (Lipinski definition) is 4. The zero-order valence-corrected chi connectivity index (χ0v) is 15.9. The van der Waals surface area contributed by atoms with Crippen molar-refractivity contribution < 1.29 is 4.74 Å². The molecule has 2 aromatic carbocycles. The van der Waals surface area contributed by atoms with Crippen LogP contribution in [0.5, 0.6) is 0 Å². The lowest BCUT2D eigenvalue weighted by atomic mass is 10.1. The molecule has 0 bridgehead atoms.